The standard InChI is InChI=1S/C81H108F3N17O25S3/c1-47-23-54-55-28-57(83)56-27-53(102)19-21-78(56,2)80(55,84)59(103)29-79(54,3)81(47,75(120)127-45-82)126-72(117)20-22-125-46-90-73(118)58(17-16-18-71(115)116)91-60(104)34-85-61(105)35-92(4)62(106)36-93(5)63(107)37-94(6)64(108)38-95(7)65(109)39-96(8)66(110)40-97(9)67(111)41-98(10)68(112)42-99(11)69(113)43-100(12)70(114)44-101(13)74(119)50-25-48(51-30-86-76(87-31-51)128(14,121)122)24-49(26-50)52-32-88-77(89-33-52)129(15,123)124/h19,21,24-27,30-33,47,54-55,57-59,103H,16-18,20,22-23,28-29,34-46H2,1-15H3,(H,85,105)(H,90,118)(H,91,104)(H,115,116)/t47-,54+,55+,57+,58+,59+,78+,79+,80+,81+/m1/s1. The van der Waals surface area contributed by atoms with Gasteiger partial charge in [-0.1, -0.05) is 19.9 Å². The smallest absolute Gasteiger partial charge is 0.309 e. The number of carbonyl (C=O) groups is 17. The lowest BCUT2D eigenvalue weighted by Crippen LogP contribution is -2.70. The maximum Gasteiger partial charge on any atom is 0.309 e. The Morgan fingerprint density at radius 1 is 0.574 bits per heavy atom. The highest BCUT2D eigenvalue weighted by atomic mass is 32.2. The molecule has 4 aliphatic carbocycles. The Bertz CT molecular complexity index is 5060. The number of aliphatic hydroxyl groups is 1. The van der Waals surface area contributed by atoms with Crippen molar-refractivity contribution in [2.45, 2.75) is 106 Å². The van der Waals surface area contributed by atoms with Crippen LogP contribution in [0.15, 0.2) is 77.1 Å². The Hall–Kier alpha value is -11.8. The fourth-order valence-corrected chi connectivity index (χ4v) is 17.7. The first-order valence-corrected chi connectivity index (χ1v) is 45.0. The summed E-state index contributed by atoms with van der Waals surface area (Å²) in [7, 11) is 4.99. The molecule has 13 amide bonds. The highest BCUT2D eigenvalue weighted by molar-refractivity contribution is 8.13. The SMILES string of the molecule is C[C@@H]1C[C@H]2[C@@H]3C[C@H](F)C4=CC(=O)C=C[C@]4(C)[C@@]3(F)[C@@H](O)C[C@]2(C)[C@@]1(OC(=O)CCOCNC(=O)[C@H](CCCC(=O)O)NC(=O)CNC(=O)CN(C)C(=O)CN(C)C(=O)CN(C)C(=O)CN(C)C(=O)CN(C)C(=O)CN(C)C(=O)CN(C)C(=O)CN(C)C(=O)CN(C)C(=O)CN(C)C(=O)c1cc(-c2cnc(S(C)(=O)=O)nc2)cc(-c2cnc(S(C)(=O)=O)nc2)c1)C(=O)SCF. The number of carbonyl (C=O) groups excluding carboxylic acids is 16. The van der Waals surface area contributed by atoms with Crippen LogP contribution >= 0.6 is 11.8 Å². The number of carboxylic acid groups (broad SMARTS) is 1. The number of halogens is 3. The number of sulfone groups is 2. The van der Waals surface area contributed by atoms with Crippen molar-refractivity contribution in [3.05, 3.63) is 72.4 Å². The first-order valence-electron chi connectivity index (χ1n) is 40.2. The molecule has 129 heavy (non-hydrogen) atoms. The molecule has 0 unspecified atom stereocenters. The summed E-state index contributed by atoms with van der Waals surface area (Å²) >= 11 is 0.219. The molecule has 3 aromatic rings. The van der Waals surface area contributed by atoms with E-state index in [2.05, 4.69) is 35.9 Å². The number of carboxylic acids is 1. The fraction of sp³-hybridized carbons (Fsp3) is 0.568. The molecule has 7 rings (SSSR count). The van der Waals surface area contributed by atoms with Crippen LogP contribution in [-0.4, -0.2) is 400 Å². The molecule has 3 fully saturated rings. The van der Waals surface area contributed by atoms with Gasteiger partial charge < -0.3 is 84.6 Å². The average Bonchev–Trinajstić information content (AvgIpc) is 1.57. The minimum atomic E-state index is -3.78. The lowest BCUT2D eigenvalue weighted by molar-refractivity contribution is -0.229. The molecule has 5 N–H and O–H groups in total. The monoisotopic (exact) mass is 1870 g/mol. The van der Waals surface area contributed by atoms with Gasteiger partial charge >= 0.3 is 11.9 Å². The van der Waals surface area contributed by atoms with Crippen molar-refractivity contribution in [2.24, 2.45) is 28.6 Å². The lowest BCUT2D eigenvalue weighted by Gasteiger charge is -2.63. The van der Waals surface area contributed by atoms with Crippen LogP contribution in [0.4, 0.5) is 13.2 Å². The van der Waals surface area contributed by atoms with E-state index < -0.39 is 305 Å². The number of hydrogen-bond donors (Lipinski definition) is 5. The van der Waals surface area contributed by atoms with Crippen molar-refractivity contribution in [3.8, 4) is 22.3 Å². The number of nitrogens with zero attached hydrogens (tertiary/aromatic N) is 14. The quantitative estimate of drug-likeness (QED) is 0.0177. The largest absolute Gasteiger partial charge is 0.481 e. The van der Waals surface area contributed by atoms with Crippen molar-refractivity contribution in [1.82, 2.24) is 84.9 Å². The maximum atomic E-state index is 17.9. The molecule has 42 nitrogen and oxygen atoms in total. The van der Waals surface area contributed by atoms with E-state index in [4.69, 9.17) is 9.47 Å². The molecule has 10 atom stereocenters. The Balaban J connectivity index is 0.783. The molecule has 2 heterocycles. The first kappa shape index (κ1) is 104. The summed E-state index contributed by atoms with van der Waals surface area (Å²) in [6.45, 7) is -3.22. The third kappa shape index (κ3) is 25.4. The van der Waals surface area contributed by atoms with Crippen molar-refractivity contribution >= 4 is 131 Å². The number of nitrogens with one attached hydrogen (secondary N) is 3. The predicted octanol–water partition coefficient (Wildman–Crippen LogP) is -2.02. The molecule has 706 valence electrons. The predicted molar refractivity (Wildman–Crippen MR) is 451 cm³/mol. The molecule has 2 aromatic heterocycles. The van der Waals surface area contributed by atoms with Crippen molar-refractivity contribution in [1.29, 1.82) is 0 Å². The van der Waals surface area contributed by atoms with E-state index in [1.54, 1.807) is 13.0 Å². The van der Waals surface area contributed by atoms with Crippen molar-refractivity contribution < 1.29 is 131 Å². The minimum Gasteiger partial charge on any atom is -0.481 e. The molecule has 48 heteroatoms. The van der Waals surface area contributed by atoms with Gasteiger partial charge in [0, 0.05) is 154 Å². The van der Waals surface area contributed by atoms with Crippen LogP contribution in [0.5, 0.6) is 0 Å². The molecule has 3 saturated carbocycles. The Morgan fingerprint density at radius 2 is 0.984 bits per heavy atom. The first-order chi connectivity index (χ1) is 60.0. The molecule has 4 aliphatic rings. The topological polar surface area (TPSA) is 537 Å². The molecule has 0 bridgehead atoms. The zero-order valence-electron chi connectivity index (χ0n) is 74.0. The number of likely N-dealkylation sites (N-methyl/N-ethyl adjacent to an activating group) is 10. The number of rotatable bonds is 41. The number of fused-ring (bicyclic) bond motifs is 5. The second kappa shape index (κ2) is 43.5. The number of esters is 1. The number of benzene rings is 1. The summed E-state index contributed by atoms with van der Waals surface area (Å²) in [5.41, 5.74) is -6.94. The molecule has 0 radical (unpaired) electrons. The van der Waals surface area contributed by atoms with Crippen LogP contribution in [-0.2, 0) is 106 Å². The normalized spacial score (nSPS) is 21.0. The third-order valence-electron chi connectivity index (χ3n) is 23.4. The molecular formula is C81H108F3N17O25S3. The molecule has 0 saturated heterocycles. The van der Waals surface area contributed by atoms with Gasteiger partial charge in [-0.2, -0.15) is 0 Å². The van der Waals surface area contributed by atoms with Crippen LogP contribution in [0, 0.1) is 28.6 Å². The zero-order chi connectivity index (χ0) is 96.7. The lowest BCUT2D eigenvalue weighted by atomic mass is 9.44. The van der Waals surface area contributed by atoms with Crippen LogP contribution in [0.1, 0.15) is 76.1 Å². The van der Waals surface area contributed by atoms with E-state index in [0.717, 1.165) is 73.7 Å². The summed E-state index contributed by atoms with van der Waals surface area (Å²) in [5.74, 6) is -15.9. The number of aliphatic carboxylic acids is 1. The van der Waals surface area contributed by atoms with E-state index in [1.165, 1.54) is 127 Å². The molecule has 1 aromatic carbocycles. The van der Waals surface area contributed by atoms with E-state index in [0.29, 0.717) is 11.1 Å². The van der Waals surface area contributed by atoms with E-state index in [-0.39, 0.29) is 53.3 Å². The van der Waals surface area contributed by atoms with Crippen LogP contribution < -0.4 is 16.0 Å². The van der Waals surface area contributed by atoms with E-state index in [1.807, 2.05) is 0 Å². The summed E-state index contributed by atoms with van der Waals surface area (Å²) in [5, 5.41) is 26.3. The number of ether oxygens (including phenoxy) is 2. The Morgan fingerprint density at radius 3 is 1.39 bits per heavy atom. The Kier molecular flexibility index (Phi) is 35.2. The molecule has 0 spiro atoms. The minimum absolute atomic E-state index is 0.000695. The van der Waals surface area contributed by atoms with Gasteiger partial charge in [0.25, 0.3) is 5.91 Å². The van der Waals surface area contributed by atoms with Crippen LogP contribution in [0.25, 0.3) is 22.3 Å². The van der Waals surface area contributed by atoms with Gasteiger partial charge in [-0.3, -0.25) is 81.5 Å². The number of amides is 13. The number of ketones is 1. The second-order valence-corrected chi connectivity index (χ2v) is 37.7. The number of aromatic nitrogens is 4. The highest BCUT2D eigenvalue weighted by Gasteiger charge is 2.78. The van der Waals surface area contributed by atoms with Gasteiger partial charge in [0.2, 0.25) is 106 Å². The maximum absolute atomic E-state index is 17.9. The van der Waals surface area contributed by atoms with Gasteiger partial charge in [0.05, 0.1) is 91.1 Å². The number of allylic oxidation sites excluding steroid dienone is 4. The van der Waals surface area contributed by atoms with Crippen molar-refractivity contribution in [2.75, 3.05) is 174 Å². The fourth-order valence-electron chi connectivity index (χ4n) is 15.9. The molecular weight excluding hydrogens is 1760 g/mol. The molecule has 0 aliphatic heterocycles. The van der Waals surface area contributed by atoms with Crippen LogP contribution in [0.3, 0.4) is 0 Å². The zero-order valence-corrected chi connectivity index (χ0v) is 76.4. The number of aliphatic hydroxyl groups excluding tert-OH is 1. The van der Waals surface area contributed by atoms with Gasteiger partial charge in [-0.05, 0) is 104 Å². The average molecular weight is 1870 g/mol. The third-order valence-corrected chi connectivity index (χ3v) is 25.8. The number of alkyl halides is 3. The summed E-state index contributed by atoms with van der Waals surface area (Å²) < 4.78 is 108. The number of hydrogen-bond acceptors (Lipinski definition) is 29. The summed E-state index contributed by atoms with van der Waals surface area (Å²) in [6.07, 6.45) is 4.17. The Labute approximate surface area is 746 Å². The van der Waals surface area contributed by atoms with E-state index >= 15 is 8.78 Å². The van der Waals surface area contributed by atoms with Gasteiger partial charge in [-0.15, -0.1) is 0 Å². The van der Waals surface area contributed by atoms with Gasteiger partial charge in [0.15, 0.2) is 17.1 Å². The van der Waals surface area contributed by atoms with Crippen molar-refractivity contribution in [3.63, 3.8) is 0 Å². The summed E-state index contributed by atoms with van der Waals surface area (Å²) in [4.78, 5) is 250. The van der Waals surface area contributed by atoms with E-state index in [9.17, 15) is 113 Å². The summed E-state index contributed by atoms with van der Waals surface area (Å²) in [6, 6.07) is 1.78. The highest BCUT2D eigenvalue weighted by Crippen LogP contribution is 2.72. The number of thioether (sulfide) groups is 1. The van der Waals surface area contributed by atoms with Gasteiger partial charge in [-0.25, -0.2) is 49.9 Å². The van der Waals surface area contributed by atoms with Gasteiger partial charge in [0.1, 0.15) is 25.0 Å². The van der Waals surface area contributed by atoms with Crippen LogP contribution in [0.2, 0.25) is 0 Å². The second-order valence-electron chi connectivity index (χ2n) is 33.0.